The average molecular weight is 296 g/mol. The fraction of sp³-hybridized carbons (Fsp3) is 0.308. The second kappa shape index (κ2) is 4.53. The van der Waals surface area contributed by atoms with Gasteiger partial charge in [-0.1, -0.05) is 6.92 Å². The fourth-order valence-corrected chi connectivity index (χ4v) is 2.51. The largest absolute Gasteiger partial charge is 0.495 e. The summed E-state index contributed by atoms with van der Waals surface area (Å²) in [6.45, 7) is 3.87. The molecule has 0 saturated carbocycles. The maximum absolute atomic E-state index is 12.3. The van der Waals surface area contributed by atoms with Crippen LogP contribution in [0.1, 0.15) is 18.2 Å². The second-order valence-corrected chi connectivity index (χ2v) is 4.77. The third-order valence-corrected chi connectivity index (χ3v) is 3.65. The van der Waals surface area contributed by atoms with Gasteiger partial charge in [0, 0.05) is 15.7 Å². The van der Waals surface area contributed by atoms with E-state index in [0.29, 0.717) is 11.1 Å². The summed E-state index contributed by atoms with van der Waals surface area (Å²) in [6.07, 6.45) is 0.798. The lowest BCUT2D eigenvalue weighted by atomic mass is 10.1. The highest BCUT2D eigenvalue weighted by atomic mass is 79.9. The molecular weight excluding hydrogens is 282 g/mol. The first-order chi connectivity index (χ1) is 8.10. The molecule has 2 aromatic rings. The van der Waals surface area contributed by atoms with E-state index in [9.17, 15) is 4.79 Å². The zero-order chi connectivity index (χ0) is 12.6. The van der Waals surface area contributed by atoms with Crippen molar-refractivity contribution in [2.45, 2.75) is 20.3 Å². The maximum atomic E-state index is 12.3. The van der Waals surface area contributed by atoms with Gasteiger partial charge in [0.15, 0.2) is 5.43 Å². The van der Waals surface area contributed by atoms with Gasteiger partial charge < -0.3 is 9.72 Å². The average Bonchev–Trinajstić information content (AvgIpc) is 2.33. The molecule has 0 atom stereocenters. The number of aryl methyl sites for hydroxylation is 1. The molecule has 90 valence electrons. The van der Waals surface area contributed by atoms with Crippen molar-refractivity contribution in [1.82, 2.24) is 4.98 Å². The summed E-state index contributed by atoms with van der Waals surface area (Å²) in [6, 6.07) is 3.68. The van der Waals surface area contributed by atoms with E-state index in [0.717, 1.165) is 27.7 Å². The molecule has 1 aromatic heterocycles. The standard InChI is InChI=1S/C13H14BrNO2/c1-4-9-7(2)13(16)11-8(14)5-6-10(17-3)12(11)15-9/h5-6H,4H2,1-3H3,(H,15,16). The summed E-state index contributed by atoms with van der Waals surface area (Å²) in [5.41, 5.74) is 2.54. The van der Waals surface area contributed by atoms with Crippen LogP contribution in [0.4, 0.5) is 0 Å². The van der Waals surface area contributed by atoms with E-state index in [1.54, 1.807) is 7.11 Å². The summed E-state index contributed by atoms with van der Waals surface area (Å²) in [4.78, 5) is 15.6. The molecule has 0 saturated heterocycles. The number of fused-ring (bicyclic) bond motifs is 1. The van der Waals surface area contributed by atoms with Crippen LogP contribution < -0.4 is 10.2 Å². The Morgan fingerprint density at radius 1 is 1.41 bits per heavy atom. The lowest BCUT2D eigenvalue weighted by Crippen LogP contribution is -2.12. The molecule has 1 N–H and O–H groups in total. The summed E-state index contributed by atoms with van der Waals surface area (Å²) >= 11 is 3.42. The van der Waals surface area contributed by atoms with E-state index in [1.807, 2.05) is 26.0 Å². The minimum absolute atomic E-state index is 0.0568. The molecule has 0 amide bonds. The van der Waals surface area contributed by atoms with Crippen LogP contribution in [0.3, 0.4) is 0 Å². The predicted octanol–water partition coefficient (Wildman–Crippen LogP) is 3.17. The van der Waals surface area contributed by atoms with Gasteiger partial charge in [0.2, 0.25) is 0 Å². The zero-order valence-electron chi connectivity index (χ0n) is 10.1. The molecular formula is C13H14BrNO2. The van der Waals surface area contributed by atoms with E-state index in [1.165, 1.54) is 0 Å². The van der Waals surface area contributed by atoms with Crippen molar-refractivity contribution in [3.63, 3.8) is 0 Å². The molecule has 0 unspecified atom stereocenters. The molecule has 1 aromatic carbocycles. The first-order valence-corrected chi connectivity index (χ1v) is 6.27. The van der Waals surface area contributed by atoms with Crippen molar-refractivity contribution in [2.75, 3.05) is 7.11 Å². The molecule has 1 heterocycles. The normalized spacial score (nSPS) is 10.8. The molecule has 0 spiro atoms. The highest BCUT2D eigenvalue weighted by Gasteiger charge is 2.13. The zero-order valence-corrected chi connectivity index (χ0v) is 11.6. The topological polar surface area (TPSA) is 42.1 Å². The first-order valence-electron chi connectivity index (χ1n) is 5.48. The van der Waals surface area contributed by atoms with Crippen molar-refractivity contribution in [1.29, 1.82) is 0 Å². The Kier molecular flexibility index (Phi) is 3.24. The molecule has 0 aliphatic rings. The van der Waals surface area contributed by atoms with E-state index >= 15 is 0 Å². The number of nitrogens with one attached hydrogen (secondary N) is 1. The SMILES string of the molecule is CCc1[nH]c2c(OC)ccc(Br)c2c(=O)c1C. The van der Waals surface area contributed by atoms with Crippen LogP contribution in [0.15, 0.2) is 21.4 Å². The molecule has 0 fully saturated rings. The van der Waals surface area contributed by atoms with Gasteiger partial charge in [-0.25, -0.2) is 0 Å². The molecule has 3 nitrogen and oxygen atoms in total. The lowest BCUT2D eigenvalue weighted by Gasteiger charge is -2.10. The number of aromatic nitrogens is 1. The Morgan fingerprint density at radius 3 is 2.71 bits per heavy atom. The smallest absolute Gasteiger partial charge is 0.193 e. The number of methoxy groups -OCH3 is 1. The summed E-state index contributed by atoms with van der Waals surface area (Å²) in [5.74, 6) is 0.690. The van der Waals surface area contributed by atoms with Gasteiger partial charge in [0.25, 0.3) is 0 Å². The van der Waals surface area contributed by atoms with Crippen LogP contribution in [0.5, 0.6) is 5.75 Å². The van der Waals surface area contributed by atoms with Crippen LogP contribution in [0.25, 0.3) is 10.9 Å². The van der Waals surface area contributed by atoms with Crippen LogP contribution in [-0.2, 0) is 6.42 Å². The number of hydrogen-bond donors (Lipinski definition) is 1. The van der Waals surface area contributed by atoms with Crippen molar-refractivity contribution in [3.05, 3.63) is 38.1 Å². The van der Waals surface area contributed by atoms with Crippen molar-refractivity contribution in [3.8, 4) is 5.75 Å². The number of rotatable bonds is 2. The fourth-order valence-electron chi connectivity index (χ4n) is 2.00. The highest BCUT2D eigenvalue weighted by Crippen LogP contribution is 2.28. The van der Waals surface area contributed by atoms with Crippen molar-refractivity contribution in [2.24, 2.45) is 0 Å². The van der Waals surface area contributed by atoms with Gasteiger partial charge in [0.05, 0.1) is 18.0 Å². The van der Waals surface area contributed by atoms with Gasteiger partial charge in [0.1, 0.15) is 5.75 Å². The lowest BCUT2D eigenvalue weighted by molar-refractivity contribution is 0.418. The van der Waals surface area contributed by atoms with Crippen LogP contribution in [0.2, 0.25) is 0 Å². The molecule has 0 radical (unpaired) electrons. The third-order valence-electron chi connectivity index (χ3n) is 2.99. The second-order valence-electron chi connectivity index (χ2n) is 3.91. The number of H-pyrrole nitrogens is 1. The summed E-state index contributed by atoms with van der Waals surface area (Å²) in [7, 11) is 1.60. The van der Waals surface area contributed by atoms with Crippen LogP contribution in [-0.4, -0.2) is 12.1 Å². The number of hydrogen-bond acceptors (Lipinski definition) is 2. The van der Waals surface area contributed by atoms with Crippen molar-refractivity contribution >= 4 is 26.8 Å². The number of halogens is 1. The molecule has 17 heavy (non-hydrogen) atoms. The van der Waals surface area contributed by atoms with Gasteiger partial charge in [-0.05, 0) is 41.4 Å². The Hall–Kier alpha value is -1.29. The maximum Gasteiger partial charge on any atom is 0.193 e. The minimum atomic E-state index is 0.0568. The predicted molar refractivity (Wildman–Crippen MR) is 72.9 cm³/mol. The Bertz CT molecular complexity index is 631. The molecule has 0 bridgehead atoms. The first kappa shape index (κ1) is 12.2. The number of pyridine rings is 1. The molecule has 0 aliphatic heterocycles. The van der Waals surface area contributed by atoms with Gasteiger partial charge >= 0.3 is 0 Å². The summed E-state index contributed by atoms with van der Waals surface area (Å²) in [5, 5.41) is 0.652. The minimum Gasteiger partial charge on any atom is -0.495 e. The monoisotopic (exact) mass is 295 g/mol. The number of aromatic amines is 1. The van der Waals surface area contributed by atoms with E-state index in [4.69, 9.17) is 4.74 Å². The summed E-state index contributed by atoms with van der Waals surface area (Å²) < 4.78 is 6.08. The number of benzene rings is 1. The third kappa shape index (κ3) is 1.86. The van der Waals surface area contributed by atoms with Crippen LogP contribution >= 0.6 is 15.9 Å². The Labute approximate surface area is 108 Å². The van der Waals surface area contributed by atoms with Gasteiger partial charge in [-0.2, -0.15) is 0 Å². The Morgan fingerprint density at radius 2 is 2.12 bits per heavy atom. The molecule has 2 rings (SSSR count). The number of ether oxygens (including phenoxy) is 1. The van der Waals surface area contributed by atoms with E-state index in [-0.39, 0.29) is 5.43 Å². The highest BCUT2D eigenvalue weighted by molar-refractivity contribution is 9.10. The van der Waals surface area contributed by atoms with E-state index < -0.39 is 0 Å². The quantitative estimate of drug-likeness (QED) is 0.925. The Balaban J connectivity index is 3.00. The van der Waals surface area contributed by atoms with Gasteiger partial charge in [-0.3, -0.25) is 4.79 Å². The van der Waals surface area contributed by atoms with Crippen LogP contribution in [0, 0.1) is 6.92 Å². The molecule has 4 heteroatoms. The van der Waals surface area contributed by atoms with Gasteiger partial charge in [-0.15, -0.1) is 0 Å². The van der Waals surface area contributed by atoms with Crippen molar-refractivity contribution < 1.29 is 4.74 Å². The van der Waals surface area contributed by atoms with E-state index in [2.05, 4.69) is 20.9 Å². The molecule has 0 aliphatic carbocycles.